The molecule has 1 N–H and O–H groups in total. The van der Waals surface area contributed by atoms with Crippen molar-refractivity contribution < 1.29 is 9.47 Å². The van der Waals surface area contributed by atoms with E-state index in [9.17, 15) is 0 Å². The van der Waals surface area contributed by atoms with Crippen molar-refractivity contribution in [2.75, 3.05) is 39.5 Å². The highest BCUT2D eigenvalue weighted by Gasteiger charge is 1.90. The van der Waals surface area contributed by atoms with Gasteiger partial charge in [-0.05, 0) is 38.8 Å². The Morgan fingerprint density at radius 1 is 0.733 bits per heavy atom. The molecule has 3 heteroatoms. The van der Waals surface area contributed by atoms with Gasteiger partial charge in [-0.3, -0.25) is 0 Å². The zero-order valence-electron chi connectivity index (χ0n) is 10.4. The van der Waals surface area contributed by atoms with E-state index in [0.717, 1.165) is 65.2 Å². The van der Waals surface area contributed by atoms with Gasteiger partial charge in [0.05, 0.1) is 0 Å². The van der Waals surface area contributed by atoms with Crippen molar-refractivity contribution in [2.45, 2.75) is 39.5 Å². The maximum atomic E-state index is 5.38. The van der Waals surface area contributed by atoms with Crippen molar-refractivity contribution >= 4 is 0 Å². The van der Waals surface area contributed by atoms with Gasteiger partial charge in [0.2, 0.25) is 0 Å². The minimum absolute atomic E-state index is 0.882. The van der Waals surface area contributed by atoms with Crippen LogP contribution >= 0.6 is 0 Å². The van der Waals surface area contributed by atoms with Gasteiger partial charge in [-0.1, -0.05) is 13.8 Å². The van der Waals surface area contributed by atoms with Crippen LogP contribution < -0.4 is 5.32 Å². The number of rotatable bonds is 12. The van der Waals surface area contributed by atoms with Crippen molar-refractivity contribution in [1.29, 1.82) is 0 Å². The van der Waals surface area contributed by atoms with Crippen LogP contribution in [0.2, 0.25) is 0 Å². The summed E-state index contributed by atoms with van der Waals surface area (Å²) in [7, 11) is 0. The molecule has 0 saturated carbocycles. The van der Waals surface area contributed by atoms with Gasteiger partial charge in [-0.15, -0.1) is 0 Å². The van der Waals surface area contributed by atoms with Crippen LogP contribution in [0.25, 0.3) is 0 Å². The van der Waals surface area contributed by atoms with Crippen molar-refractivity contribution in [3.05, 3.63) is 0 Å². The van der Waals surface area contributed by atoms with Gasteiger partial charge < -0.3 is 14.8 Å². The molecule has 0 saturated heterocycles. The highest BCUT2D eigenvalue weighted by molar-refractivity contribution is 4.47. The Kier molecular flexibility index (Phi) is 13.8. The van der Waals surface area contributed by atoms with Crippen molar-refractivity contribution in [3.8, 4) is 0 Å². The Balaban J connectivity index is 2.81. The first-order valence-corrected chi connectivity index (χ1v) is 6.28. The third-order valence-electron chi connectivity index (χ3n) is 1.98. The zero-order chi connectivity index (χ0) is 11.2. The van der Waals surface area contributed by atoms with E-state index >= 15 is 0 Å². The molecule has 0 rings (SSSR count). The fourth-order valence-electron chi connectivity index (χ4n) is 1.22. The van der Waals surface area contributed by atoms with E-state index < -0.39 is 0 Å². The average molecular weight is 217 g/mol. The Hall–Kier alpha value is -0.120. The second-order valence-electron chi connectivity index (χ2n) is 3.68. The number of hydrogen-bond acceptors (Lipinski definition) is 3. The van der Waals surface area contributed by atoms with E-state index in [2.05, 4.69) is 19.2 Å². The smallest absolute Gasteiger partial charge is 0.0478 e. The van der Waals surface area contributed by atoms with Gasteiger partial charge >= 0.3 is 0 Å². The summed E-state index contributed by atoms with van der Waals surface area (Å²) in [6.07, 6.45) is 4.44. The highest BCUT2D eigenvalue weighted by atomic mass is 16.5. The second-order valence-corrected chi connectivity index (χ2v) is 3.68. The Morgan fingerprint density at radius 2 is 1.20 bits per heavy atom. The molecule has 0 radical (unpaired) electrons. The minimum Gasteiger partial charge on any atom is -0.381 e. The Bertz CT molecular complexity index is 97.8. The van der Waals surface area contributed by atoms with Gasteiger partial charge in [0.25, 0.3) is 0 Å². The third-order valence-corrected chi connectivity index (χ3v) is 1.98. The SMILES string of the molecule is CCCOCCCNCCCOCCC. The van der Waals surface area contributed by atoms with Crippen LogP contribution in [0.1, 0.15) is 39.5 Å². The highest BCUT2D eigenvalue weighted by Crippen LogP contribution is 1.86. The maximum absolute atomic E-state index is 5.38. The maximum Gasteiger partial charge on any atom is 0.0478 e. The molecule has 0 aromatic rings. The first kappa shape index (κ1) is 14.9. The molecule has 0 bridgehead atoms. The van der Waals surface area contributed by atoms with Gasteiger partial charge in [-0.25, -0.2) is 0 Å². The monoisotopic (exact) mass is 217 g/mol. The summed E-state index contributed by atoms with van der Waals surface area (Å²) in [5.41, 5.74) is 0. The third kappa shape index (κ3) is 13.9. The van der Waals surface area contributed by atoms with Crippen LogP contribution in [0.3, 0.4) is 0 Å². The lowest BCUT2D eigenvalue weighted by atomic mass is 10.4. The summed E-state index contributed by atoms with van der Waals surface area (Å²) < 4.78 is 10.8. The largest absolute Gasteiger partial charge is 0.381 e. The van der Waals surface area contributed by atoms with Gasteiger partial charge in [0.1, 0.15) is 0 Å². The molecule has 0 aromatic heterocycles. The Labute approximate surface area is 94.5 Å². The molecule has 0 unspecified atom stereocenters. The second kappa shape index (κ2) is 13.9. The topological polar surface area (TPSA) is 30.5 Å². The molecule has 0 fully saturated rings. The van der Waals surface area contributed by atoms with E-state index in [1.165, 1.54) is 0 Å². The number of ether oxygens (including phenoxy) is 2. The predicted molar refractivity (Wildman–Crippen MR) is 64.3 cm³/mol. The zero-order valence-corrected chi connectivity index (χ0v) is 10.4. The van der Waals surface area contributed by atoms with Gasteiger partial charge in [-0.2, -0.15) is 0 Å². The van der Waals surface area contributed by atoms with Crippen molar-refractivity contribution in [2.24, 2.45) is 0 Å². The van der Waals surface area contributed by atoms with Gasteiger partial charge in [0, 0.05) is 26.4 Å². The normalized spacial score (nSPS) is 10.8. The van der Waals surface area contributed by atoms with Crippen LogP contribution in [-0.2, 0) is 9.47 Å². The van der Waals surface area contributed by atoms with Crippen molar-refractivity contribution in [1.82, 2.24) is 5.32 Å². The molecule has 0 aliphatic heterocycles. The van der Waals surface area contributed by atoms with E-state index in [0.29, 0.717) is 0 Å². The standard InChI is InChI=1S/C12H27NO2/c1-3-9-14-11-5-7-13-8-6-12-15-10-4-2/h13H,3-12H2,1-2H3. The molecule has 0 amide bonds. The first-order chi connectivity index (χ1) is 7.41. The van der Waals surface area contributed by atoms with E-state index in [-0.39, 0.29) is 0 Å². The molecular weight excluding hydrogens is 190 g/mol. The quantitative estimate of drug-likeness (QED) is 0.508. The molecular formula is C12H27NO2. The molecule has 92 valence electrons. The molecule has 0 spiro atoms. The molecule has 0 atom stereocenters. The van der Waals surface area contributed by atoms with Crippen molar-refractivity contribution in [3.63, 3.8) is 0 Å². The fourth-order valence-corrected chi connectivity index (χ4v) is 1.22. The van der Waals surface area contributed by atoms with E-state index in [4.69, 9.17) is 9.47 Å². The summed E-state index contributed by atoms with van der Waals surface area (Å²) in [5, 5.41) is 3.38. The number of nitrogens with one attached hydrogen (secondary N) is 1. The summed E-state index contributed by atoms with van der Waals surface area (Å²) in [6.45, 7) is 9.92. The van der Waals surface area contributed by atoms with Crippen LogP contribution in [0.5, 0.6) is 0 Å². The molecule has 0 aliphatic rings. The first-order valence-electron chi connectivity index (χ1n) is 6.28. The van der Waals surface area contributed by atoms with Crippen LogP contribution in [-0.4, -0.2) is 39.5 Å². The fraction of sp³-hybridized carbons (Fsp3) is 1.00. The summed E-state index contributed by atoms with van der Waals surface area (Å²) in [6, 6.07) is 0. The number of hydrogen-bond donors (Lipinski definition) is 1. The lowest BCUT2D eigenvalue weighted by molar-refractivity contribution is 0.128. The van der Waals surface area contributed by atoms with E-state index in [1.54, 1.807) is 0 Å². The van der Waals surface area contributed by atoms with Crippen LogP contribution in [0.15, 0.2) is 0 Å². The van der Waals surface area contributed by atoms with E-state index in [1.807, 2.05) is 0 Å². The molecule has 15 heavy (non-hydrogen) atoms. The average Bonchev–Trinajstić information content (AvgIpc) is 2.26. The summed E-state index contributed by atoms with van der Waals surface area (Å²) >= 11 is 0. The predicted octanol–water partition coefficient (Wildman–Crippen LogP) is 2.21. The summed E-state index contributed by atoms with van der Waals surface area (Å²) in [4.78, 5) is 0. The minimum atomic E-state index is 0.882. The molecule has 3 nitrogen and oxygen atoms in total. The lowest BCUT2D eigenvalue weighted by Crippen LogP contribution is -2.19. The molecule has 0 aliphatic carbocycles. The van der Waals surface area contributed by atoms with Crippen LogP contribution in [0.4, 0.5) is 0 Å². The summed E-state index contributed by atoms with van der Waals surface area (Å²) in [5.74, 6) is 0. The molecule has 0 aromatic carbocycles. The Morgan fingerprint density at radius 3 is 1.60 bits per heavy atom. The molecule has 0 heterocycles. The lowest BCUT2D eigenvalue weighted by Gasteiger charge is -2.05. The van der Waals surface area contributed by atoms with Crippen LogP contribution in [0, 0.1) is 0 Å². The van der Waals surface area contributed by atoms with Gasteiger partial charge in [0.15, 0.2) is 0 Å².